The fourth-order valence-electron chi connectivity index (χ4n) is 1.40. The van der Waals surface area contributed by atoms with Crippen molar-refractivity contribution in [3.8, 4) is 11.6 Å². The molecular weight excluding hydrogens is 192 g/mol. The zero-order valence-corrected chi connectivity index (χ0v) is 8.68. The molecule has 0 saturated carbocycles. The monoisotopic (exact) mass is 204 g/mol. The highest BCUT2D eigenvalue weighted by molar-refractivity contribution is 5.44. The Morgan fingerprint density at radius 1 is 1.40 bits per heavy atom. The molecule has 0 spiro atoms. The highest BCUT2D eigenvalue weighted by Gasteiger charge is 2.08. The number of aliphatic hydroxyl groups excluding tert-OH is 1. The standard InChI is InChI=1S/C10H12N4O/c1-7-5-8(6-15)13-9(12-7)10-11-3-4-14(10)2/h3-5,15H,6H2,1-2H3. The molecule has 0 aromatic carbocycles. The van der Waals surface area contributed by atoms with Crippen molar-refractivity contribution in [1.29, 1.82) is 0 Å². The zero-order valence-electron chi connectivity index (χ0n) is 8.68. The molecule has 0 aliphatic rings. The van der Waals surface area contributed by atoms with Crippen molar-refractivity contribution < 1.29 is 5.11 Å². The van der Waals surface area contributed by atoms with Crippen LogP contribution in [0.15, 0.2) is 18.5 Å². The summed E-state index contributed by atoms with van der Waals surface area (Å²) >= 11 is 0. The summed E-state index contributed by atoms with van der Waals surface area (Å²) in [5.74, 6) is 1.25. The van der Waals surface area contributed by atoms with E-state index >= 15 is 0 Å². The van der Waals surface area contributed by atoms with E-state index in [1.54, 1.807) is 12.3 Å². The van der Waals surface area contributed by atoms with Crippen molar-refractivity contribution in [2.24, 2.45) is 7.05 Å². The number of nitrogens with zero attached hydrogens (tertiary/aromatic N) is 4. The van der Waals surface area contributed by atoms with Gasteiger partial charge in [0.25, 0.3) is 0 Å². The van der Waals surface area contributed by atoms with Crippen LogP contribution in [0.4, 0.5) is 0 Å². The third-order valence-corrected chi connectivity index (χ3v) is 2.09. The maximum absolute atomic E-state index is 9.04. The van der Waals surface area contributed by atoms with Gasteiger partial charge in [-0.05, 0) is 13.0 Å². The Labute approximate surface area is 87.5 Å². The van der Waals surface area contributed by atoms with Crippen LogP contribution >= 0.6 is 0 Å². The van der Waals surface area contributed by atoms with Crippen LogP contribution in [0.2, 0.25) is 0 Å². The molecule has 1 N–H and O–H groups in total. The fraction of sp³-hybridized carbons (Fsp3) is 0.300. The van der Waals surface area contributed by atoms with Crippen LogP contribution in [0, 0.1) is 6.92 Å². The van der Waals surface area contributed by atoms with Gasteiger partial charge in [0.15, 0.2) is 11.6 Å². The van der Waals surface area contributed by atoms with Crippen molar-refractivity contribution in [2.45, 2.75) is 13.5 Å². The highest BCUT2D eigenvalue weighted by atomic mass is 16.3. The van der Waals surface area contributed by atoms with Crippen molar-refractivity contribution in [3.05, 3.63) is 29.8 Å². The lowest BCUT2D eigenvalue weighted by atomic mass is 10.3. The van der Waals surface area contributed by atoms with Gasteiger partial charge in [-0.15, -0.1) is 0 Å². The molecule has 0 aliphatic carbocycles. The predicted molar refractivity (Wildman–Crippen MR) is 54.9 cm³/mol. The predicted octanol–water partition coefficient (Wildman–Crippen LogP) is 0.678. The Kier molecular flexibility index (Phi) is 2.47. The number of imidazole rings is 1. The van der Waals surface area contributed by atoms with Crippen LogP contribution < -0.4 is 0 Å². The molecule has 2 rings (SSSR count). The van der Waals surface area contributed by atoms with E-state index in [4.69, 9.17) is 5.11 Å². The van der Waals surface area contributed by atoms with Crippen molar-refractivity contribution >= 4 is 0 Å². The van der Waals surface area contributed by atoms with E-state index in [2.05, 4.69) is 15.0 Å². The van der Waals surface area contributed by atoms with Gasteiger partial charge in [0.2, 0.25) is 0 Å². The largest absolute Gasteiger partial charge is 0.390 e. The second kappa shape index (κ2) is 3.78. The maximum Gasteiger partial charge on any atom is 0.196 e. The fourth-order valence-corrected chi connectivity index (χ4v) is 1.40. The van der Waals surface area contributed by atoms with Gasteiger partial charge in [-0.2, -0.15) is 0 Å². The first kappa shape index (κ1) is 9.79. The average molecular weight is 204 g/mol. The van der Waals surface area contributed by atoms with Gasteiger partial charge in [-0.3, -0.25) is 0 Å². The minimum atomic E-state index is -0.0826. The van der Waals surface area contributed by atoms with E-state index < -0.39 is 0 Å². The average Bonchev–Trinajstić information content (AvgIpc) is 2.63. The van der Waals surface area contributed by atoms with Gasteiger partial charge in [0.05, 0.1) is 12.3 Å². The quantitative estimate of drug-likeness (QED) is 0.781. The van der Waals surface area contributed by atoms with Crippen LogP contribution in [-0.2, 0) is 13.7 Å². The zero-order chi connectivity index (χ0) is 10.8. The van der Waals surface area contributed by atoms with Crippen molar-refractivity contribution in [1.82, 2.24) is 19.5 Å². The SMILES string of the molecule is Cc1cc(CO)nc(-c2nccn2C)n1. The van der Waals surface area contributed by atoms with E-state index in [1.807, 2.05) is 24.7 Å². The van der Waals surface area contributed by atoms with Gasteiger partial charge in [0, 0.05) is 25.1 Å². The molecule has 0 fully saturated rings. The summed E-state index contributed by atoms with van der Waals surface area (Å²) in [4.78, 5) is 12.6. The van der Waals surface area contributed by atoms with Crippen LogP contribution in [0.25, 0.3) is 11.6 Å². The number of hydrogen-bond donors (Lipinski definition) is 1. The molecule has 0 amide bonds. The van der Waals surface area contributed by atoms with E-state index in [0.717, 1.165) is 5.69 Å². The molecule has 0 unspecified atom stereocenters. The second-order valence-corrected chi connectivity index (χ2v) is 3.34. The Hall–Kier alpha value is -1.75. The topological polar surface area (TPSA) is 63.8 Å². The molecule has 0 atom stereocenters. The molecule has 5 heteroatoms. The molecule has 15 heavy (non-hydrogen) atoms. The third kappa shape index (κ3) is 1.87. The van der Waals surface area contributed by atoms with E-state index in [-0.39, 0.29) is 6.61 Å². The molecule has 0 saturated heterocycles. The molecule has 2 aromatic rings. The van der Waals surface area contributed by atoms with Gasteiger partial charge in [-0.1, -0.05) is 0 Å². The smallest absolute Gasteiger partial charge is 0.196 e. The van der Waals surface area contributed by atoms with Crippen LogP contribution in [0.1, 0.15) is 11.4 Å². The molecular formula is C10H12N4O. The minimum Gasteiger partial charge on any atom is -0.390 e. The van der Waals surface area contributed by atoms with Gasteiger partial charge >= 0.3 is 0 Å². The second-order valence-electron chi connectivity index (χ2n) is 3.34. The number of aryl methyl sites for hydroxylation is 2. The van der Waals surface area contributed by atoms with Gasteiger partial charge in [-0.25, -0.2) is 15.0 Å². The van der Waals surface area contributed by atoms with E-state index in [1.165, 1.54) is 0 Å². The van der Waals surface area contributed by atoms with Crippen molar-refractivity contribution in [3.63, 3.8) is 0 Å². The van der Waals surface area contributed by atoms with Crippen molar-refractivity contribution in [2.75, 3.05) is 0 Å². The summed E-state index contributed by atoms with van der Waals surface area (Å²) < 4.78 is 1.84. The number of rotatable bonds is 2. The molecule has 0 bridgehead atoms. The number of aromatic nitrogens is 4. The Balaban J connectivity index is 2.53. The third-order valence-electron chi connectivity index (χ3n) is 2.09. The maximum atomic E-state index is 9.04. The summed E-state index contributed by atoms with van der Waals surface area (Å²) in [6.45, 7) is 1.79. The Morgan fingerprint density at radius 3 is 2.80 bits per heavy atom. The molecule has 2 heterocycles. The number of aliphatic hydroxyl groups is 1. The summed E-state index contributed by atoms with van der Waals surface area (Å²) in [6.07, 6.45) is 3.53. The highest BCUT2D eigenvalue weighted by Crippen LogP contribution is 2.12. The van der Waals surface area contributed by atoms with Gasteiger partial charge in [0.1, 0.15) is 0 Å². The Bertz CT molecular complexity index is 478. The van der Waals surface area contributed by atoms with E-state index in [9.17, 15) is 0 Å². The molecule has 0 aliphatic heterocycles. The summed E-state index contributed by atoms with van der Waals surface area (Å²) in [7, 11) is 1.88. The Morgan fingerprint density at radius 2 is 2.20 bits per heavy atom. The normalized spacial score (nSPS) is 10.6. The lowest BCUT2D eigenvalue weighted by Crippen LogP contribution is -2.01. The van der Waals surface area contributed by atoms with E-state index in [0.29, 0.717) is 17.3 Å². The van der Waals surface area contributed by atoms with Crippen LogP contribution in [-0.4, -0.2) is 24.6 Å². The van der Waals surface area contributed by atoms with Crippen LogP contribution in [0.5, 0.6) is 0 Å². The summed E-state index contributed by atoms with van der Waals surface area (Å²) in [5, 5.41) is 9.04. The lowest BCUT2D eigenvalue weighted by molar-refractivity contribution is 0.276. The summed E-state index contributed by atoms with van der Waals surface area (Å²) in [5.41, 5.74) is 1.44. The molecule has 0 radical (unpaired) electrons. The summed E-state index contributed by atoms with van der Waals surface area (Å²) in [6, 6.07) is 1.76. The first-order valence-corrected chi connectivity index (χ1v) is 4.64. The first-order valence-electron chi connectivity index (χ1n) is 4.64. The van der Waals surface area contributed by atoms with Gasteiger partial charge < -0.3 is 9.67 Å². The minimum absolute atomic E-state index is 0.0826. The lowest BCUT2D eigenvalue weighted by Gasteiger charge is -2.03. The number of hydrogen-bond acceptors (Lipinski definition) is 4. The first-order chi connectivity index (χ1) is 7.20. The van der Waals surface area contributed by atoms with Crippen LogP contribution in [0.3, 0.4) is 0 Å². The molecule has 78 valence electrons. The molecule has 2 aromatic heterocycles. The molecule has 5 nitrogen and oxygen atoms in total.